The lowest BCUT2D eigenvalue weighted by Crippen LogP contribution is -2.19. The fraction of sp³-hybridized carbons (Fsp3) is 0.389. The van der Waals surface area contributed by atoms with Crippen molar-refractivity contribution in [1.82, 2.24) is 29.7 Å². The molecule has 2 aromatic carbocycles. The third-order valence-corrected chi connectivity index (χ3v) is 8.43. The predicted molar refractivity (Wildman–Crippen MR) is 185 cm³/mol. The summed E-state index contributed by atoms with van der Waals surface area (Å²) in [7, 11) is 0. The van der Waals surface area contributed by atoms with E-state index in [1.165, 1.54) is 43.6 Å². The number of unbranched alkanes of at least 4 members (excludes halogenated alkanes) is 1. The van der Waals surface area contributed by atoms with Crippen LogP contribution in [0, 0.1) is 13.8 Å². The molecular formula is C36H45ClN6. The van der Waals surface area contributed by atoms with Crippen molar-refractivity contribution in [2.45, 2.75) is 79.6 Å². The molecule has 6 aromatic rings. The Bertz CT molecular complexity index is 1740. The molecular weight excluding hydrogens is 552 g/mol. The van der Waals surface area contributed by atoms with Crippen LogP contribution < -0.4 is 10.6 Å². The van der Waals surface area contributed by atoms with Crippen molar-refractivity contribution < 1.29 is 0 Å². The van der Waals surface area contributed by atoms with Crippen molar-refractivity contribution in [3.05, 3.63) is 83.4 Å². The van der Waals surface area contributed by atoms with Gasteiger partial charge >= 0.3 is 0 Å². The van der Waals surface area contributed by atoms with Crippen LogP contribution in [-0.4, -0.2) is 32.2 Å². The largest absolute Gasteiger partial charge is 0.336 e. The summed E-state index contributed by atoms with van der Waals surface area (Å²) in [6, 6.07) is 22.8. The molecule has 0 amide bonds. The SMILES string of the molecule is Cc1nc(CNCCCCNCc2cc3c4ccccc4n(C(C)C)c3c(C)n2)cc2c3ccccc3n(C(C)C)c12.Cl. The van der Waals surface area contributed by atoms with Crippen LogP contribution in [0.25, 0.3) is 43.6 Å². The highest BCUT2D eigenvalue weighted by atomic mass is 35.5. The zero-order valence-electron chi connectivity index (χ0n) is 26.4. The number of hydrogen-bond donors (Lipinski definition) is 2. The number of nitrogens with zero attached hydrogens (tertiary/aromatic N) is 4. The Labute approximate surface area is 261 Å². The van der Waals surface area contributed by atoms with Crippen LogP contribution in [0.5, 0.6) is 0 Å². The van der Waals surface area contributed by atoms with Gasteiger partial charge in [-0.3, -0.25) is 9.97 Å². The zero-order valence-corrected chi connectivity index (χ0v) is 27.2. The van der Waals surface area contributed by atoms with Gasteiger partial charge in [0, 0.05) is 57.8 Å². The minimum atomic E-state index is 0. The van der Waals surface area contributed by atoms with Gasteiger partial charge in [-0.25, -0.2) is 0 Å². The Balaban J connectivity index is 0.00000368. The Morgan fingerprint density at radius 3 is 1.40 bits per heavy atom. The summed E-state index contributed by atoms with van der Waals surface area (Å²) in [5.74, 6) is 0. The van der Waals surface area contributed by atoms with Crippen molar-refractivity contribution in [3.63, 3.8) is 0 Å². The van der Waals surface area contributed by atoms with Crippen LogP contribution in [0.15, 0.2) is 60.7 Å². The number of benzene rings is 2. The number of nitrogens with one attached hydrogen (secondary N) is 2. The number of pyridine rings is 2. The Morgan fingerprint density at radius 1 is 0.605 bits per heavy atom. The van der Waals surface area contributed by atoms with Crippen molar-refractivity contribution in [2.75, 3.05) is 13.1 Å². The van der Waals surface area contributed by atoms with E-state index in [9.17, 15) is 0 Å². The van der Waals surface area contributed by atoms with Crippen LogP contribution in [0.2, 0.25) is 0 Å². The highest BCUT2D eigenvalue weighted by molar-refractivity contribution is 6.09. The number of fused-ring (bicyclic) bond motifs is 6. The summed E-state index contributed by atoms with van der Waals surface area (Å²) in [6.45, 7) is 16.8. The average Bonchev–Trinajstić information content (AvgIpc) is 3.49. The standard InChI is InChI=1S/C36H44N6.ClH/c1-23(2)41-33-15-9-7-13-29(33)31-19-27(39-25(5)35(31)41)21-37-17-11-12-18-38-22-28-20-32-30-14-8-10-16-34(30)42(24(3)4)36(32)26(6)40-28;/h7-10,13-16,19-20,23-24,37-38H,11-12,17-18,21-22H2,1-6H3;1H. The first-order chi connectivity index (χ1) is 20.3. The molecule has 226 valence electrons. The third-order valence-electron chi connectivity index (χ3n) is 8.43. The Hall–Kier alpha value is -3.45. The smallest absolute Gasteiger partial charge is 0.0710 e. The molecule has 7 heteroatoms. The van der Waals surface area contributed by atoms with E-state index in [1.807, 2.05) is 0 Å². The molecule has 0 bridgehead atoms. The van der Waals surface area contributed by atoms with Crippen molar-refractivity contribution in [3.8, 4) is 0 Å². The van der Waals surface area contributed by atoms with Gasteiger partial charge in [-0.1, -0.05) is 36.4 Å². The molecule has 4 heterocycles. The maximum atomic E-state index is 4.97. The minimum absolute atomic E-state index is 0. The normalized spacial score (nSPS) is 12.0. The quantitative estimate of drug-likeness (QED) is 0.147. The number of hydrogen-bond acceptors (Lipinski definition) is 4. The second-order valence-corrected chi connectivity index (χ2v) is 12.2. The first kappa shape index (κ1) is 31.0. The molecule has 6 rings (SSSR count). The average molecular weight is 597 g/mol. The number of halogens is 1. The Kier molecular flexibility index (Phi) is 9.40. The lowest BCUT2D eigenvalue weighted by Gasteiger charge is -2.13. The van der Waals surface area contributed by atoms with Crippen LogP contribution in [0.3, 0.4) is 0 Å². The fourth-order valence-electron chi connectivity index (χ4n) is 6.73. The molecule has 0 atom stereocenters. The van der Waals surface area contributed by atoms with E-state index in [0.29, 0.717) is 12.1 Å². The van der Waals surface area contributed by atoms with E-state index >= 15 is 0 Å². The molecule has 0 unspecified atom stereocenters. The summed E-state index contributed by atoms with van der Waals surface area (Å²) in [5, 5.41) is 12.5. The van der Waals surface area contributed by atoms with Crippen LogP contribution in [0.4, 0.5) is 0 Å². The third kappa shape index (κ3) is 5.88. The number of para-hydroxylation sites is 2. The van der Waals surface area contributed by atoms with Gasteiger partial charge in [-0.05, 0) is 91.7 Å². The summed E-state index contributed by atoms with van der Waals surface area (Å²) in [4.78, 5) is 9.95. The molecule has 0 saturated carbocycles. The number of aromatic nitrogens is 4. The zero-order chi connectivity index (χ0) is 29.4. The monoisotopic (exact) mass is 596 g/mol. The number of aryl methyl sites for hydroxylation is 2. The molecule has 0 saturated heterocycles. The summed E-state index contributed by atoms with van der Waals surface area (Å²) >= 11 is 0. The van der Waals surface area contributed by atoms with E-state index in [1.54, 1.807) is 0 Å². The van der Waals surface area contributed by atoms with Crippen molar-refractivity contribution in [1.29, 1.82) is 0 Å². The van der Waals surface area contributed by atoms with Gasteiger partial charge in [0.2, 0.25) is 0 Å². The molecule has 0 aliphatic heterocycles. The second kappa shape index (κ2) is 13.0. The van der Waals surface area contributed by atoms with Crippen LogP contribution in [0.1, 0.15) is 75.4 Å². The van der Waals surface area contributed by atoms with Gasteiger partial charge in [0.15, 0.2) is 0 Å². The first-order valence-electron chi connectivity index (χ1n) is 15.5. The summed E-state index contributed by atoms with van der Waals surface area (Å²) < 4.78 is 4.85. The van der Waals surface area contributed by atoms with E-state index in [2.05, 4.69) is 122 Å². The molecule has 0 radical (unpaired) electrons. The van der Waals surface area contributed by atoms with Gasteiger partial charge in [0.05, 0.1) is 33.8 Å². The van der Waals surface area contributed by atoms with Gasteiger partial charge < -0.3 is 19.8 Å². The molecule has 0 spiro atoms. The van der Waals surface area contributed by atoms with Gasteiger partial charge in [0.1, 0.15) is 0 Å². The van der Waals surface area contributed by atoms with Gasteiger partial charge in [-0.2, -0.15) is 0 Å². The van der Waals surface area contributed by atoms with Crippen molar-refractivity contribution >= 4 is 56.0 Å². The van der Waals surface area contributed by atoms with E-state index in [4.69, 9.17) is 9.97 Å². The molecule has 2 N–H and O–H groups in total. The van der Waals surface area contributed by atoms with Crippen molar-refractivity contribution in [2.24, 2.45) is 0 Å². The minimum Gasteiger partial charge on any atom is -0.336 e. The lowest BCUT2D eigenvalue weighted by atomic mass is 10.1. The highest BCUT2D eigenvalue weighted by Gasteiger charge is 2.17. The topological polar surface area (TPSA) is 59.7 Å². The number of rotatable bonds is 11. The first-order valence-corrected chi connectivity index (χ1v) is 15.5. The van der Waals surface area contributed by atoms with Gasteiger partial charge in [-0.15, -0.1) is 12.4 Å². The van der Waals surface area contributed by atoms with E-state index in [-0.39, 0.29) is 12.4 Å². The fourth-order valence-corrected chi connectivity index (χ4v) is 6.73. The van der Waals surface area contributed by atoms with E-state index < -0.39 is 0 Å². The van der Waals surface area contributed by atoms with Crippen LogP contribution in [-0.2, 0) is 13.1 Å². The Morgan fingerprint density at radius 2 is 1.00 bits per heavy atom. The maximum absolute atomic E-state index is 4.97. The highest BCUT2D eigenvalue weighted by Crippen LogP contribution is 2.34. The molecule has 6 nitrogen and oxygen atoms in total. The molecule has 0 aliphatic carbocycles. The summed E-state index contributed by atoms with van der Waals surface area (Å²) in [5.41, 5.74) is 9.53. The predicted octanol–water partition coefficient (Wildman–Crippen LogP) is 8.55. The molecule has 4 aromatic heterocycles. The lowest BCUT2D eigenvalue weighted by molar-refractivity contribution is 0.576. The molecule has 0 aliphatic rings. The molecule has 0 fully saturated rings. The molecule has 43 heavy (non-hydrogen) atoms. The second-order valence-electron chi connectivity index (χ2n) is 12.2. The summed E-state index contributed by atoms with van der Waals surface area (Å²) in [6.07, 6.45) is 2.24. The van der Waals surface area contributed by atoms with Gasteiger partial charge in [0.25, 0.3) is 0 Å². The van der Waals surface area contributed by atoms with Crippen LogP contribution >= 0.6 is 12.4 Å². The maximum Gasteiger partial charge on any atom is 0.0710 e. The van der Waals surface area contributed by atoms with E-state index in [0.717, 1.165) is 61.8 Å².